The molecular weight excluding hydrogens is 414 g/mol. The first kappa shape index (κ1) is 21.7. The summed E-state index contributed by atoms with van der Waals surface area (Å²) in [5.74, 6) is 7.05. The molecule has 1 aromatic heterocycles. The molecule has 170 valence electrons. The Morgan fingerprint density at radius 1 is 1.15 bits per heavy atom. The molecule has 0 unspecified atom stereocenters. The van der Waals surface area contributed by atoms with Gasteiger partial charge < -0.3 is 14.9 Å². The lowest BCUT2D eigenvalue weighted by Gasteiger charge is -2.58. The maximum Gasteiger partial charge on any atom is 0.242 e. The van der Waals surface area contributed by atoms with Gasteiger partial charge in [-0.15, -0.1) is 0 Å². The maximum absolute atomic E-state index is 12.9. The molecule has 1 aliphatic carbocycles. The largest absolute Gasteiger partial charge is 0.394 e. The number of nitrogens with zero attached hydrogens (tertiary/aromatic N) is 3. The van der Waals surface area contributed by atoms with Crippen molar-refractivity contribution in [2.75, 3.05) is 19.7 Å². The van der Waals surface area contributed by atoms with Gasteiger partial charge >= 0.3 is 0 Å². The fourth-order valence-corrected chi connectivity index (χ4v) is 5.52. The van der Waals surface area contributed by atoms with Crippen LogP contribution in [0.1, 0.15) is 48.3 Å². The first-order valence-electron chi connectivity index (χ1n) is 11.8. The third kappa shape index (κ3) is 4.38. The molecule has 0 spiro atoms. The molecule has 5 rings (SSSR count). The van der Waals surface area contributed by atoms with E-state index in [-0.39, 0.29) is 49.4 Å². The molecular formula is C27H29N3O3. The number of rotatable bonds is 4. The molecule has 3 heterocycles. The van der Waals surface area contributed by atoms with Gasteiger partial charge in [-0.05, 0) is 42.2 Å². The molecule has 0 bridgehead atoms. The van der Waals surface area contributed by atoms with Crippen molar-refractivity contribution in [1.82, 2.24) is 14.8 Å². The smallest absolute Gasteiger partial charge is 0.242 e. The Hall–Kier alpha value is -3.17. The predicted octanol–water partition coefficient (Wildman–Crippen LogP) is 2.36. The van der Waals surface area contributed by atoms with Gasteiger partial charge in [0.1, 0.15) is 0 Å². The minimum absolute atomic E-state index is 0.00443. The van der Waals surface area contributed by atoms with Gasteiger partial charge in [0.05, 0.1) is 31.7 Å². The van der Waals surface area contributed by atoms with Crippen molar-refractivity contribution in [3.05, 3.63) is 65.5 Å². The average Bonchev–Trinajstić information content (AvgIpc) is 3.34. The van der Waals surface area contributed by atoms with Crippen LogP contribution in [0.2, 0.25) is 0 Å². The van der Waals surface area contributed by atoms with Crippen LogP contribution in [0.4, 0.5) is 0 Å². The SMILES string of the molecule is O=C(Cc1cccnc1)N1CC(=O)N2[C@H](CO)[C@@H](c3ccc(C#CC4CCCC4)cc3)[C@@H]2C1. The van der Waals surface area contributed by atoms with Crippen LogP contribution in [0.3, 0.4) is 0 Å². The minimum Gasteiger partial charge on any atom is -0.394 e. The normalized spacial score (nSPS) is 24.6. The molecule has 2 saturated heterocycles. The second-order valence-corrected chi connectivity index (χ2v) is 9.33. The van der Waals surface area contributed by atoms with E-state index in [9.17, 15) is 14.7 Å². The van der Waals surface area contributed by atoms with E-state index in [0.717, 1.165) is 16.7 Å². The minimum atomic E-state index is -0.242. The van der Waals surface area contributed by atoms with E-state index >= 15 is 0 Å². The number of aliphatic hydroxyl groups excluding tert-OH is 1. The van der Waals surface area contributed by atoms with Gasteiger partial charge in [-0.3, -0.25) is 14.6 Å². The molecule has 1 saturated carbocycles. The van der Waals surface area contributed by atoms with Crippen molar-refractivity contribution in [2.24, 2.45) is 5.92 Å². The Morgan fingerprint density at radius 2 is 1.94 bits per heavy atom. The number of amides is 2. The van der Waals surface area contributed by atoms with Crippen LogP contribution >= 0.6 is 0 Å². The first-order chi connectivity index (χ1) is 16.1. The standard InChI is InChI=1S/C27H29N3O3/c31-18-24-27(22-11-9-20(10-12-22)8-7-19-4-1-2-5-19)23-16-29(17-26(33)30(23)24)25(32)14-21-6-3-13-28-15-21/h3,6,9-13,15,19,23-24,27,31H,1-2,4-5,14,16-18H2/t23-,24+,27-/m0/s1. The fourth-order valence-electron chi connectivity index (χ4n) is 5.52. The third-order valence-electron chi connectivity index (χ3n) is 7.25. The molecule has 2 aliphatic heterocycles. The molecule has 2 amide bonds. The van der Waals surface area contributed by atoms with Crippen molar-refractivity contribution in [3.8, 4) is 11.8 Å². The number of benzene rings is 1. The monoisotopic (exact) mass is 443 g/mol. The summed E-state index contributed by atoms with van der Waals surface area (Å²) < 4.78 is 0. The number of carbonyl (C=O) groups excluding carboxylic acids is 2. The first-order valence-corrected chi connectivity index (χ1v) is 11.8. The highest BCUT2D eigenvalue weighted by Crippen LogP contribution is 2.43. The van der Waals surface area contributed by atoms with Crippen LogP contribution in [-0.4, -0.2) is 63.5 Å². The molecule has 2 aromatic rings. The van der Waals surface area contributed by atoms with Crippen LogP contribution in [0.15, 0.2) is 48.8 Å². The molecule has 1 aromatic carbocycles. The molecule has 6 nitrogen and oxygen atoms in total. The Balaban J connectivity index is 1.29. The van der Waals surface area contributed by atoms with Crippen LogP contribution in [-0.2, 0) is 16.0 Å². The lowest BCUT2D eigenvalue weighted by atomic mass is 9.73. The molecule has 3 atom stereocenters. The van der Waals surface area contributed by atoms with Gasteiger partial charge in [-0.2, -0.15) is 0 Å². The highest BCUT2D eigenvalue weighted by molar-refractivity contribution is 5.88. The van der Waals surface area contributed by atoms with Gasteiger partial charge in [0.25, 0.3) is 0 Å². The van der Waals surface area contributed by atoms with Crippen LogP contribution in [0.25, 0.3) is 0 Å². The summed E-state index contributed by atoms with van der Waals surface area (Å²) in [6.07, 6.45) is 8.55. The van der Waals surface area contributed by atoms with E-state index in [1.54, 1.807) is 28.3 Å². The Labute approximate surface area is 194 Å². The number of hydrogen-bond acceptors (Lipinski definition) is 4. The Morgan fingerprint density at radius 3 is 2.64 bits per heavy atom. The van der Waals surface area contributed by atoms with Crippen molar-refractivity contribution >= 4 is 11.8 Å². The zero-order valence-electron chi connectivity index (χ0n) is 18.7. The highest BCUT2D eigenvalue weighted by Gasteiger charge is 2.54. The molecule has 1 N–H and O–H groups in total. The van der Waals surface area contributed by atoms with Gasteiger partial charge in [-0.25, -0.2) is 0 Å². The predicted molar refractivity (Wildman–Crippen MR) is 124 cm³/mol. The summed E-state index contributed by atoms with van der Waals surface area (Å²) in [6.45, 7) is 0.462. The number of aliphatic hydroxyl groups is 1. The van der Waals surface area contributed by atoms with Crippen molar-refractivity contribution in [3.63, 3.8) is 0 Å². The number of carbonyl (C=O) groups is 2. The Kier molecular flexibility index (Phi) is 6.15. The summed E-state index contributed by atoms with van der Waals surface area (Å²) in [5, 5.41) is 10.0. The van der Waals surface area contributed by atoms with Gasteiger partial charge in [0, 0.05) is 36.3 Å². The molecule has 3 aliphatic rings. The Bertz CT molecular complexity index is 1070. The quantitative estimate of drug-likeness (QED) is 0.737. The lowest BCUT2D eigenvalue weighted by molar-refractivity contribution is -0.166. The van der Waals surface area contributed by atoms with E-state index in [4.69, 9.17) is 0 Å². The number of aromatic nitrogens is 1. The molecule has 0 radical (unpaired) electrons. The zero-order chi connectivity index (χ0) is 22.8. The second-order valence-electron chi connectivity index (χ2n) is 9.33. The molecule has 33 heavy (non-hydrogen) atoms. The average molecular weight is 444 g/mol. The number of pyridine rings is 1. The van der Waals surface area contributed by atoms with Gasteiger partial charge in [0.15, 0.2) is 0 Å². The highest BCUT2D eigenvalue weighted by atomic mass is 16.3. The van der Waals surface area contributed by atoms with E-state index in [1.807, 2.05) is 18.2 Å². The summed E-state index contributed by atoms with van der Waals surface area (Å²) in [4.78, 5) is 33.2. The van der Waals surface area contributed by atoms with Crippen LogP contribution in [0, 0.1) is 17.8 Å². The summed E-state index contributed by atoms with van der Waals surface area (Å²) in [5.41, 5.74) is 2.91. The number of hydrogen-bond donors (Lipinski definition) is 1. The second kappa shape index (κ2) is 9.36. The van der Waals surface area contributed by atoms with E-state index in [2.05, 4.69) is 29.0 Å². The maximum atomic E-state index is 12.9. The van der Waals surface area contributed by atoms with Gasteiger partial charge in [-0.1, -0.05) is 42.9 Å². The van der Waals surface area contributed by atoms with Gasteiger partial charge in [0.2, 0.25) is 11.8 Å². The third-order valence-corrected chi connectivity index (χ3v) is 7.25. The zero-order valence-corrected chi connectivity index (χ0v) is 18.7. The summed E-state index contributed by atoms with van der Waals surface area (Å²) >= 11 is 0. The van der Waals surface area contributed by atoms with E-state index in [0.29, 0.717) is 12.5 Å². The fraction of sp³-hybridized carbons (Fsp3) is 0.444. The summed E-state index contributed by atoms with van der Waals surface area (Å²) in [6, 6.07) is 11.5. The summed E-state index contributed by atoms with van der Waals surface area (Å²) in [7, 11) is 0. The molecule has 3 fully saturated rings. The topological polar surface area (TPSA) is 73.7 Å². The van der Waals surface area contributed by atoms with Crippen LogP contribution in [0.5, 0.6) is 0 Å². The lowest BCUT2D eigenvalue weighted by Crippen LogP contribution is -2.73. The van der Waals surface area contributed by atoms with Crippen molar-refractivity contribution in [1.29, 1.82) is 0 Å². The van der Waals surface area contributed by atoms with E-state index in [1.165, 1.54) is 25.7 Å². The van der Waals surface area contributed by atoms with Crippen molar-refractivity contribution in [2.45, 2.75) is 50.1 Å². The number of piperazine rings is 1. The number of fused-ring (bicyclic) bond motifs is 1. The van der Waals surface area contributed by atoms with Crippen LogP contribution < -0.4 is 0 Å². The van der Waals surface area contributed by atoms with E-state index < -0.39 is 0 Å². The molecule has 6 heteroatoms. The van der Waals surface area contributed by atoms with Crippen molar-refractivity contribution < 1.29 is 14.7 Å².